The topological polar surface area (TPSA) is 49.3 Å². The highest BCUT2D eigenvalue weighted by molar-refractivity contribution is 5.73. The third kappa shape index (κ3) is 2.78. The van der Waals surface area contributed by atoms with Crippen LogP contribution in [0.25, 0.3) is 0 Å². The number of nitrogens with zero attached hydrogens (tertiary/aromatic N) is 4. The molecule has 1 unspecified atom stereocenters. The number of hydrogen-bond donors (Lipinski definition) is 0. The van der Waals surface area contributed by atoms with Crippen molar-refractivity contribution in [3.63, 3.8) is 0 Å². The van der Waals surface area contributed by atoms with Crippen LogP contribution in [0.2, 0.25) is 0 Å². The van der Waals surface area contributed by atoms with Crippen molar-refractivity contribution in [2.75, 3.05) is 32.1 Å². The van der Waals surface area contributed by atoms with Crippen molar-refractivity contribution in [1.29, 1.82) is 0 Å². The van der Waals surface area contributed by atoms with Crippen molar-refractivity contribution in [2.24, 2.45) is 0 Å². The molecular weight excluding hydrogens is 228 g/mol. The van der Waals surface area contributed by atoms with Gasteiger partial charge in [0.2, 0.25) is 5.91 Å². The lowest BCUT2D eigenvalue weighted by Gasteiger charge is -2.31. The van der Waals surface area contributed by atoms with E-state index in [1.54, 1.807) is 13.1 Å². The minimum absolute atomic E-state index is 0.149. The zero-order valence-corrected chi connectivity index (χ0v) is 11.3. The summed E-state index contributed by atoms with van der Waals surface area (Å²) in [6.07, 6.45) is 5.70. The van der Waals surface area contributed by atoms with Crippen LogP contribution in [0.5, 0.6) is 0 Å². The summed E-state index contributed by atoms with van der Waals surface area (Å²) in [5, 5.41) is 0. The van der Waals surface area contributed by atoms with Crippen LogP contribution in [-0.4, -0.2) is 48.0 Å². The number of likely N-dealkylation sites (tertiary alicyclic amines) is 1. The first kappa shape index (κ1) is 12.8. The standard InChI is InChI=1S/C13H20N4O/c1-10(18)17-6-4-5-11(9-17)12-7-14-8-13(15-12)16(2)3/h7-8,11H,4-6,9H2,1-3H3. The molecule has 0 N–H and O–H groups in total. The van der Waals surface area contributed by atoms with Gasteiger partial charge in [0.1, 0.15) is 5.82 Å². The van der Waals surface area contributed by atoms with E-state index in [1.165, 1.54) is 0 Å². The quantitative estimate of drug-likeness (QED) is 0.791. The van der Waals surface area contributed by atoms with Gasteiger partial charge in [-0.05, 0) is 12.8 Å². The number of hydrogen-bond acceptors (Lipinski definition) is 4. The summed E-state index contributed by atoms with van der Waals surface area (Å²) in [6, 6.07) is 0. The van der Waals surface area contributed by atoms with Gasteiger partial charge in [0.05, 0.1) is 11.9 Å². The fourth-order valence-corrected chi connectivity index (χ4v) is 2.29. The zero-order valence-electron chi connectivity index (χ0n) is 11.3. The first-order valence-electron chi connectivity index (χ1n) is 6.32. The fraction of sp³-hybridized carbons (Fsp3) is 0.615. The maximum atomic E-state index is 11.4. The number of anilines is 1. The Balaban J connectivity index is 2.15. The first-order valence-corrected chi connectivity index (χ1v) is 6.32. The Morgan fingerprint density at radius 1 is 1.44 bits per heavy atom. The number of aromatic nitrogens is 2. The monoisotopic (exact) mass is 248 g/mol. The van der Waals surface area contributed by atoms with Gasteiger partial charge in [-0.1, -0.05) is 0 Å². The molecule has 2 heterocycles. The molecule has 0 spiro atoms. The van der Waals surface area contributed by atoms with Gasteiger partial charge in [-0.2, -0.15) is 0 Å². The number of carbonyl (C=O) groups is 1. The molecule has 0 aliphatic carbocycles. The molecule has 0 radical (unpaired) electrons. The molecule has 98 valence electrons. The molecule has 1 aliphatic heterocycles. The lowest BCUT2D eigenvalue weighted by atomic mass is 9.95. The maximum absolute atomic E-state index is 11.4. The minimum Gasteiger partial charge on any atom is -0.361 e. The number of carbonyl (C=O) groups excluding carboxylic acids is 1. The second-order valence-electron chi connectivity index (χ2n) is 5.00. The van der Waals surface area contributed by atoms with E-state index in [2.05, 4.69) is 9.97 Å². The van der Waals surface area contributed by atoms with E-state index in [1.807, 2.05) is 30.1 Å². The van der Waals surface area contributed by atoms with Crippen molar-refractivity contribution in [2.45, 2.75) is 25.7 Å². The molecule has 5 heteroatoms. The lowest BCUT2D eigenvalue weighted by Crippen LogP contribution is -2.37. The summed E-state index contributed by atoms with van der Waals surface area (Å²) < 4.78 is 0. The van der Waals surface area contributed by atoms with Crippen LogP contribution < -0.4 is 4.90 Å². The number of amides is 1. The largest absolute Gasteiger partial charge is 0.361 e. The summed E-state index contributed by atoms with van der Waals surface area (Å²) in [5.74, 6) is 1.33. The van der Waals surface area contributed by atoms with Crippen LogP contribution in [0.15, 0.2) is 12.4 Å². The van der Waals surface area contributed by atoms with Gasteiger partial charge in [0.25, 0.3) is 0 Å². The van der Waals surface area contributed by atoms with Crippen molar-refractivity contribution in [3.05, 3.63) is 18.1 Å². The number of piperidine rings is 1. The molecule has 2 rings (SSSR count). The number of rotatable bonds is 2. The SMILES string of the molecule is CC(=O)N1CCCC(c2cncc(N(C)C)n2)C1. The highest BCUT2D eigenvalue weighted by Gasteiger charge is 2.24. The lowest BCUT2D eigenvalue weighted by molar-refractivity contribution is -0.130. The van der Waals surface area contributed by atoms with Gasteiger partial charge in [-0.25, -0.2) is 4.98 Å². The smallest absolute Gasteiger partial charge is 0.219 e. The van der Waals surface area contributed by atoms with Crippen LogP contribution >= 0.6 is 0 Å². The molecule has 1 aromatic rings. The van der Waals surface area contributed by atoms with Crippen molar-refractivity contribution in [3.8, 4) is 0 Å². The van der Waals surface area contributed by atoms with E-state index >= 15 is 0 Å². The van der Waals surface area contributed by atoms with Crippen molar-refractivity contribution >= 4 is 11.7 Å². The first-order chi connectivity index (χ1) is 8.58. The van der Waals surface area contributed by atoms with Crippen LogP contribution in [0, 0.1) is 0 Å². The highest BCUT2D eigenvalue weighted by Crippen LogP contribution is 2.26. The Morgan fingerprint density at radius 2 is 2.22 bits per heavy atom. The third-order valence-corrected chi connectivity index (χ3v) is 3.38. The van der Waals surface area contributed by atoms with E-state index in [0.29, 0.717) is 5.92 Å². The molecule has 0 bridgehead atoms. The molecule has 1 aliphatic rings. The van der Waals surface area contributed by atoms with E-state index in [0.717, 1.165) is 37.4 Å². The third-order valence-electron chi connectivity index (χ3n) is 3.38. The molecule has 1 fully saturated rings. The molecule has 1 saturated heterocycles. The second kappa shape index (κ2) is 5.33. The average Bonchev–Trinajstić information content (AvgIpc) is 2.39. The maximum Gasteiger partial charge on any atom is 0.219 e. The Kier molecular flexibility index (Phi) is 3.79. The highest BCUT2D eigenvalue weighted by atomic mass is 16.2. The summed E-state index contributed by atoms with van der Waals surface area (Å²) in [4.78, 5) is 24.1. The molecular formula is C13H20N4O. The Labute approximate surface area is 108 Å². The zero-order chi connectivity index (χ0) is 13.1. The van der Waals surface area contributed by atoms with Gasteiger partial charge >= 0.3 is 0 Å². The summed E-state index contributed by atoms with van der Waals surface area (Å²) in [5.41, 5.74) is 0.993. The normalized spacial score (nSPS) is 19.7. The summed E-state index contributed by atoms with van der Waals surface area (Å²) in [6.45, 7) is 3.26. The van der Waals surface area contributed by atoms with Gasteiger partial charge < -0.3 is 9.80 Å². The van der Waals surface area contributed by atoms with Crippen LogP contribution in [0.4, 0.5) is 5.82 Å². The van der Waals surface area contributed by atoms with Gasteiger partial charge in [0, 0.05) is 46.2 Å². The summed E-state index contributed by atoms with van der Waals surface area (Å²) >= 11 is 0. The molecule has 0 aromatic carbocycles. The van der Waals surface area contributed by atoms with Crippen LogP contribution in [0.3, 0.4) is 0 Å². The Hall–Kier alpha value is -1.65. The molecule has 5 nitrogen and oxygen atoms in total. The molecule has 1 atom stereocenters. The predicted molar refractivity (Wildman–Crippen MR) is 70.6 cm³/mol. The fourth-order valence-electron chi connectivity index (χ4n) is 2.29. The van der Waals surface area contributed by atoms with E-state index in [-0.39, 0.29) is 5.91 Å². The van der Waals surface area contributed by atoms with Crippen molar-refractivity contribution < 1.29 is 4.79 Å². The van der Waals surface area contributed by atoms with E-state index in [9.17, 15) is 4.79 Å². The molecule has 18 heavy (non-hydrogen) atoms. The van der Waals surface area contributed by atoms with Gasteiger partial charge in [0.15, 0.2) is 0 Å². The second-order valence-corrected chi connectivity index (χ2v) is 5.00. The Morgan fingerprint density at radius 3 is 2.89 bits per heavy atom. The average molecular weight is 248 g/mol. The van der Waals surface area contributed by atoms with Gasteiger partial charge in [-0.15, -0.1) is 0 Å². The van der Waals surface area contributed by atoms with E-state index < -0.39 is 0 Å². The molecule has 1 aromatic heterocycles. The molecule has 1 amide bonds. The minimum atomic E-state index is 0.149. The van der Waals surface area contributed by atoms with Crippen LogP contribution in [-0.2, 0) is 4.79 Å². The van der Waals surface area contributed by atoms with Gasteiger partial charge in [-0.3, -0.25) is 9.78 Å². The van der Waals surface area contributed by atoms with Crippen LogP contribution in [0.1, 0.15) is 31.4 Å². The van der Waals surface area contributed by atoms with E-state index in [4.69, 9.17) is 0 Å². The summed E-state index contributed by atoms with van der Waals surface area (Å²) in [7, 11) is 3.91. The Bertz CT molecular complexity index is 433. The molecule has 0 saturated carbocycles. The van der Waals surface area contributed by atoms with Crippen molar-refractivity contribution in [1.82, 2.24) is 14.9 Å². The predicted octanol–water partition coefficient (Wildman–Crippen LogP) is 1.27.